The maximum Gasteiger partial charge on any atom is 0.159 e. The Hall–Kier alpha value is -3.07. The lowest BCUT2D eigenvalue weighted by Gasteiger charge is -2.10. The zero-order chi connectivity index (χ0) is 15.6. The quantitative estimate of drug-likeness (QED) is 0.540. The third-order valence-electron chi connectivity index (χ3n) is 3.95. The van der Waals surface area contributed by atoms with Crippen molar-refractivity contribution in [3.63, 3.8) is 0 Å². The minimum atomic E-state index is 0.754. The zero-order valence-corrected chi connectivity index (χ0v) is 12.8. The van der Waals surface area contributed by atoms with Crippen molar-refractivity contribution in [1.29, 1.82) is 0 Å². The molecule has 23 heavy (non-hydrogen) atoms. The first-order valence-corrected chi connectivity index (χ1v) is 7.56. The number of fused-ring (bicyclic) bond motifs is 1. The Kier molecular flexibility index (Phi) is 3.31. The number of hydrogen-bond donors (Lipinski definition) is 0. The summed E-state index contributed by atoms with van der Waals surface area (Å²) in [4.78, 5) is 13.7. The Bertz CT molecular complexity index is 992. The van der Waals surface area contributed by atoms with Gasteiger partial charge in [0.1, 0.15) is 0 Å². The van der Waals surface area contributed by atoms with E-state index >= 15 is 0 Å². The van der Waals surface area contributed by atoms with Gasteiger partial charge in [-0.05, 0) is 48.9 Å². The zero-order valence-electron chi connectivity index (χ0n) is 12.8. The highest BCUT2D eigenvalue weighted by Gasteiger charge is 2.11. The summed E-state index contributed by atoms with van der Waals surface area (Å²) >= 11 is 0. The van der Waals surface area contributed by atoms with E-state index in [-0.39, 0.29) is 0 Å². The van der Waals surface area contributed by atoms with Gasteiger partial charge in [-0.15, -0.1) is 0 Å². The topological polar surface area (TPSA) is 38.7 Å². The van der Waals surface area contributed by atoms with Gasteiger partial charge in [0, 0.05) is 28.9 Å². The van der Waals surface area contributed by atoms with E-state index in [4.69, 9.17) is 4.98 Å². The largest absolute Gasteiger partial charge is 0.256 e. The summed E-state index contributed by atoms with van der Waals surface area (Å²) in [6.07, 6.45) is 3.59. The summed E-state index contributed by atoms with van der Waals surface area (Å²) < 4.78 is 0. The molecule has 1 aromatic carbocycles. The lowest BCUT2D eigenvalue weighted by Crippen LogP contribution is -1.94. The van der Waals surface area contributed by atoms with Gasteiger partial charge in [-0.2, -0.15) is 0 Å². The normalized spacial score (nSPS) is 10.8. The predicted molar refractivity (Wildman–Crippen MR) is 92.9 cm³/mol. The van der Waals surface area contributed by atoms with Crippen molar-refractivity contribution in [2.45, 2.75) is 6.92 Å². The second kappa shape index (κ2) is 5.61. The first-order valence-electron chi connectivity index (χ1n) is 7.56. The molecule has 3 heteroatoms. The van der Waals surface area contributed by atoms with Crippen LogP contribution in [0.25, 0.3) is 33.5 Å². The van der Waals surface area contributed by atoms with Gasteiger partial charge in [-0.1, -0.05) is 24.3 Å². The molecule has 0 saturated carbocycles. The van der Waals surface area contributed by atoms with Gasteiger partial charge in [-0.3, -0.25) is 4.98 Å². The van der Waals surface area contributed by atoms with Crippen LogP contribution in [0, 0.1) is 6.92 Å². The van der Waals surface area contributed by atoms with Gasteiger partial charge in [0.2, 0.25) is 0 Å². The molecule has 0 amide bonds. The van der Waals surface area contributed by atoms with Gasteiger partial charge in [0.25, 0.3) is 0 Å². The Balaban J connectivity index is 1.93. The molecule has 0 unspecified atom stereocenters. The third kappa shape index (κ3) is 2.46. The van der Waals surface area contributed by atoms with Crippen LogP contribution >= 0.6 is 0 Å². The number of aryl methyl sites for hydroxylation is 1. The Morgan fingerprint density at radius 2 is 1.48 bits per heavy atom. The van der Waals surface area contributed by atoms with E-state index in [1.807, 2.05) is 42.6 Å². The average molecular weight is 297 g/mol. The lowest BCUT2D eigenvalue weighted by molar-refractivity contribution is 1.26. The number of aromatic nitrogens is 3. The van der Waals surface area contributed by atoms with E-state index < -0.39 is 0 Å². The number of pyridine rings is 3. The monoisotopic (exact) mass is 297 g/mol. The summed E-state index contributed by atoms with van der Waals surface area (Å²) in [6.45, 7) is 2.10. The molecule has 3 aromatic heterocycles. The fourth-order valence-corrected chi connectivity index (χ4v) is 2.77. The smallest absolute Gasteiger partial charge is 0.159 e. The molecule has 0 aliphatic carbocycles. The second-order valence-electron chi connectivity index (χ2n) is 5.46. The summed E-state index contributed by atoms with van der Waals surface area (Å²) in [6, 6.07) is 20.3. The molecule has 0 N–H and O–H groups in total. The highest BCUT2D eigenvalue weighted by molar-refractivity contribution is 5.84. The number of rotatable bonds is 2. The van der Waals surface area contributed by atoms with E-state index in [2.05, 4.69) is 41.2 Å². The van der Waals surface area contributed by atoms with E-state index in [9.17, 15) is 0 Å². The maximum atomic E-state index is 4.71. The second-order valence-corrected chi connectivity index (χ2v) is 5.46. The van der Waals surface area contributed by atoms with Crippen molar-refractivity contribution >= 4 is 11.0 Å². The first-order chi connectivity index (χ1) is 11.3. The Morgan fingerprint density at radius 1 is 0.696 bits per heavy atom. The molecule has 4 rings (SSSR count). The van der Waals surface area contributed by atoms with Crippen molar-refractivity contribution < 1.29 is 0 Å². The molecule has 0 aliphatic rings. The molecular weight excluding hydrogens is 282 g/mol. The van der Waals surface area contributed by atoms with Crippen LogP contribution in [0.4, 0.5) is 0 Å². The molecule has 3 heterocycles. The Labute approximate surface area is 134 Å². The molecule has 0 atom stereocenters. The van der Waals surface area contributed by atoms with Gasteiger partial charge in [-0.25, -0.2) is 9.97 Å². The minimum Gasteiger partial charge on any atom is -0.256 e. The van der Waals surface area contributed by atoms with Gasteiger partial charge in [0.05, 0.1) is 11.4 Å². The maximum absolute atomic E-state index is 4.71. The van der Waals surface area contributed by atoms with Crippen LogP contribution in [-0.2, 0) is 0 Å². The molecule has 0 spiro atoms. The predicted octanol–water partition coefficient (Wildman–Crippen LogP) is 4.67. The van der Waals surface area contributed by atoms with E-state index in [0.29, 0.717) is 0 Å². The summed E-state index contributed by atoms with van der Waals surface area (Å²) in [5.74, 6) is 0. The van der Waals surface area contributed by atoms with Crippen molar-refractivity contribution in [2.24, 2.45) is 0 Å². The first kappa shape index (κ1) is 13.6. The molecule has 0 saturated heterocycles. The molecule has 0 radical (unpaired) electrons. The van der Waals surface area contributed by atoms with Crippen LogP contribution in [0.15, 0.2) is 73.1 Å². The van der Waals surface area contributed by atoms with E-state index in [0.717, 1.165) is 33.5 Å². The van der Waals surface area contributed by atoms with E-state index in [1.165, 1.54) is 5.56 Å². The third-order valence-corrected chi connectivity index (χ3v) is 3.95. The lowest BCUT2D eigenvalue weighted by atomic mass is 9.99. The SMILES string of the molecule is Cc1ccccc1-c1ncccc1-c1ccc2cccnc2n1. The van der Waals surface area contributed by atoms with Crippen LogP contribution in [0.3, 0.4) is 0 Å². The highest BCUT2D eigenvalue weighted by atomic mass is 14.8. The van der Waals surface area contributed by atoms with Crippen molar-refractivity contribution in [3.05, 3.63) is 78.6 Å². The molecule has 0 bridgehead atoms. The molecule has 4 aromatic rings. The molecule has 3 nitrogen and oxygen atoms in total. The Morgan fingerprint density at radius 3 is 2.39 bits per heavy atom. The van der Waals surface area contributed by atoms with Crippen molar-refractivity contribution in [2.75, 3.05) is 0 Å². The standard InChI is InChI=1S/C20H15N3/c1-14-6-2-3-8-16(14)19-17(9-5-12-21-19)18-11-10-15-7-4-13-22-20(15)23-18/h2-13H,1H3. The van der Waals surface area contributed by atoms with Crippen LogP contribution in [-0.4, -0.2) is 15.0 Å². The van der Waals surface area contributed by atoms with Gasteiger partial charge < -0.3 is 0 Å². The molecule has 0 aliphatic heterocycles. The average Bonchev–Trinajstić information content (AvgIpc) is 2.62. The molecular formula is C20H15N3. The fourth-order valence-electron chi connectivity index (χ4n) is 2.77. The summed E-state index contributed by atoms with van der Waals surface area (Å²) in [5, 5.41) is 1.04. The highest BCUT2D eigenvalue weighted by Crippen LogP contribution is 2.31. The number of nitrogens with zero attached hydrogens (tertiary/aromatic N) is 3. The van der Waals surface area contributed by atoms with Gasteiger partial charge >= 0.3 is 0 Å². The van der Waals surface area contributed by atoms with Crippen molar-refractivity contribution in [3.8, 4) is 22.5 Å². The molecule has 0 fully saturated rings. The van der Waals surface area contributed by atoms with Gasteiger partial charge in [0.15, 0.2) is 5.65 Å². The van der Waals surface area contributed by atoms with Crippen LogP contribution in [0.1, 0.15) is 5.56 Å². The van der Waals surface area contributed by atoms with Crippen LogP contribution in [0.5, 0.6) is 0 Å². The van der Waals surface area contributed by atoms with Crippen LogP contribution in [0.2, 0.25) is 0 Å². The summed E-state index contributed by atoms with van der Waals surface area (Å²) in [7, 11) is 0. The van der Waals surface area contributed by atoms with Crippen LogP contribution < -0.4 is 0 Å². The van der Waals surface area contributed by atoms with Crippen molar-refractivity contribution in [1.82, 2.24) is 15.0 Å². The fraction of sp³-hybridized carbons (Fsp3) is 0.0500. The number of hydrogen-bond acceptors (Lipinski definition) is 3. The minimum absolute atomic E-state index is 0.754. The molecule has 110 valence electrons. The summed E-state index contributed by atoms with van der Waals surface area (Å²) in [5.41, 5.74) is 5.95. The van der Waals surface area contributed by atoms with E-state index in [1.54, 1.807) is 6.20 Å². The number of benzene rings is 1.